The van der Waals surface area contributed by atoms with Crippen LogP contribution in [0.25, 0.3) is 0 Å². The van der Waals surface area contributed by atoms with Gasteiger partial charge in [-0.25, -0.2) is 4.39 Å². The molecule has 0 radical (unpaired) electrons. The van der Waals surface area contributed by atoms with E-state index >= 15 is 0 Å². The smallest absolute Gasteiger partial charge is 0.128 e. The predicted octanol–water partition coefficient (Wildman–Crippen LogP) is 3.69. The van der Waals surface area contributed by atoms with Crippen molar-refractivity contribution in [2.75, 3.05) is 13.2 Å². The zero-order chi connectivity index (χ0) is 17.4. The van der Waals surface area contributed by atoms with Crippen LogP contribution in [-0.4, -0.2) is 24.4 Å². The van der Waals surface area contributed by atoms with Gasteiger partial charge < -0.3 is 15.2 Å². The number of aliphatic hydroxyl groups excluding tert-OH is 1. The van der Waals surface area contributed by atoms with Crippen molar-refractivity contribution in [3.05, 3.63) is 71.5 Å². The van der Waals surface area contributed by atoms with Crippen molar-refractivity contribution >= 4 is 0 Å². The van der Waals surface area contributed by atoms with Crippen LogP contribution in [0, 0.1) is 11.7 Å². The average molecular weight is 331 g/mol. The quantitative estimate of drug-likeness (QED) is 0.736. The van der Waals surface area contributed by atoms with Crippen LogP contribution in [0.15, 0.2) is 54.6 Å². The van der Waals surface area contributed by atoms with E-state index in [1.54, 1.807) is 18.2 Å². The van der Waals surface area contributed by atoms with E-state index in [-0.39, 0.29) is 25.1 Å². The van der Waals surface area contributed by atoms with Gasteiger partial charge in [-0.15, -0.1) is 0 Å². The molecular formula is C20H26FNO2. The van der Waals surface area contributed by atoms with Crippen molar-refractivity contribution < 1.29 is 14.2 Å². The Kier molecular flexibility index (Phi) is 7.37. The molecule has 0 amide bonds. The summed E-state index contributed by atoms with van der Waals surface area (Å²) in [6.07, 6.45) is -0.637. The van der Waals surface area contributed by atoms with Crippen molar-refractivity contribution in [1.29, 1.82) is 0 Å². The van der Waals surface area contributed by atoms with Crippen molar-refractivity contribution in [3.63, 3.8) is 0 Å². The Hall–Kier alpha value is -1.75. The van der Waals surface area contributed by atoms with E-state index in [2.05, 4.69) is 31.3 Å². The van der Waals surface area contributed by atoms with Crippen LogP contribution in [-0.2, 0) is 11.3 Å². The number of rotatable bonds is 9. The second-order valence-electron chi connectivity index (χ2n) is 6.30. The molecule has 0 aliphatic heterocycles. The van der Waals surface area contributed by atoms with Gasteiger partial charge in [-0.05, 0) is 17.5 Å². The van der Waals surface area contributed by atoms with Crippen LogP contribution in [0.1, 0.15) is 31.0 Å². The molecule has 2 atom stereocenters. The number of ether oxygens (including phenoxy) is 1. The first-order valence-electron chi connectivity index (χ1n) is 8.35. The van der Waals surface area contributed by atoms with E-state index < -0.39 is 6.10 Å². The second-order valence-corrected chi connectivity index (χ2v) is 6.30. The van der Waals surface area contributed by atoms with Crippen molar-refractivity contribution in [2.45, 2.75) is 32.6 Å². The first kappa shape index (κ1) is 18.6. The topological polar surface area (TPSA) is 41.5 Å². The highest BCUT2D eigenvalue weighted by atomic mass is 19.1. The van der Waals surface area contributed by atoms with Gasteiger partial charge in [-0.3, -0.25) is 0 Å². The van der Waals surface area contributed by atoms with E-state index in [9.17, 15) is 9.50 Å². The zero-order valence-corrected chi connectivity index (χ0v) is 14.3. The first-order chi connectivity index (χ1) is 11.6. The van der Waals surface area contributed by atoms with E-state index in [4.69, 9.17) is 4.74 Å². The summed E-state index contributed by atoms with van der Waals surface area (Å²) >= 11 is 0. The Morgan fingerprint density at radius 2 is 1.71 bits per heavy atom. The predicted molar refractivity (Wildman–Crippen MR) is 94.1 cm³/mol. The Balaban J connectivity index is 1.77. The molecule has 0 heterocycles. The second kappa shape index (κ2) is 9.52. The highest BCUT2D eigenvalue weighted by Crippen LogP contribution is 2.21. The van der Waals surface area contributed by atoms with Crippen molar-refractivity contribution in [2.24, 2.45) is 5.92 Å². The van der Waals surface area contributed by atoms with Gasteiger partial charge in [0.1, 0.15) is 5.82 Å². The largest absolute Gasteiger partial charge is 0.389 e. The summed E-state index contributed by atoms with van der Waals surface area (Å²) in [5.74, 6) is 0.119. The molecule has 0 aliphatic carbocycles. The van der Waals surface area contributed by atoms with Crippen LogP contribution in [0.2, 0.25) is 0 Å². The lowest BCUT2D eigenvalue weighted by molar-refractivity contribution is 0.0259. The average Bonchev–Trinajstić information content (AvgIpc) is 2.57. The molecule has 2 aromatic carbocycles. The minimum Gasteiger partial charge on any atom is -0.389 e. The summed E-state index contributed by atoms with van der Waals surface area (Å²) in [5, 5.41) is 13.5. The van der Waals surface area contributed by atoms with Crippen LogP contribution >= 0.6 is 0 Å². The summed E-state index contributed by atoms with van der Waals surface area (Å²) in [7, 11) is 0. The molecule has 0 aromatic heterocycles. The Labute approximate surface area is 143 Å². The fraction of sp³-hybridized carbons (Fsp3) is 0.400. The first-order valence-corrected chi connectivity index (χ1v) is 8.35. The van der Waals surface area contributed by atoms with Gasteiger partial charge >= 0.3 is 0 Å². The van der Waals surface area contributed by atoms with Crippen molar-refractivity contribution in [1.82, 2.24) is 5.32 Å². The van der Waals surface area contributed by atoms with Gasteiger partial charge in [0.15, 0.2) is 0 Å². The number of hydrogen-bond donors (Lipinski definition) is 2. The molecule has 2 rings (SSSR count). The number of benzene rings is 2. The van der Waals surface area contributed by atoms with E-state index in [1.807, 2.05) is 18.2 Å². The molecule has 0 fully saturated rings. The summed E-state index contributed by atoms with van der Waals surface area (Å²) in [6.45, 7) is 5.05. The Morgan fingerprint density at radius 1 is 1.04 bits per heavy atom. The summed E-state index contributed by atoms with van der Waals surface area (Å²) in [5.41, 5.74) is 1.70. The standard InChI is InChI=1S/C20H26FNO2/c1-15(2)20(16-8-4-3-5-9-16)22-12-18(23)14-24-13-17-10-6-7-11-19(17)21/h3-11,15,18,20,22-23H,12-14H2,1-2H3. The molecule has 0 saturated carbocycles. The maximum atomic E-state index is 13.5. The van der Waals surface area contributed by atoms with Gasteiger partial charge in [0.05, 0.1) is 19.3 Å². The molecule has 2 unspecified atom stereocenters. The zero-order valence-electron chi connectivity index (χ0n) is 14.3. The monoisotopic (exact) mass is 331 g/mol. The highest BCUT2D eigenvalue weighted by Gasteiger charge is 2.16. The van der Waals surface area contributed by atoms with Crippen molar-refractivity contribution in [3.8, 4) is 0 Å². The molecule has 0 bridgehead atoms. The molecule has 2 aromatic rings. The molecule has 24 heavy (non-hydrogen) atoms. The van der Waals surface area contributed by atoms with Gasteiger partial charge in [0, 0.05) is 18.2 Å². The molecule has 4 heteroatoms. The molecular weight excluding hydrogens is 305 g/mol. The van der Waals surface area contributed by atoms with Crippen LogP contribution in [0.4, 0.5) is 4.39 Å². The maximum Gasteiger partial charge on any atom is 0.128 e. The number of halogens is 1. The molecule has 130 valence electrons. The molecule has 0 saturated heterocycles. The van der Waals surface area contributed by atoms with Gasteiger partial charge in [-0.2, -0.15) is 0 Å². The number of aliphatic hydroxyl groups is 1. The fourth-order valence-electron chi connectivity index (χ4n) is 2.64. The third-order valence-electron chi connectivity index (χ3n) is 3.92. The van der Waals surface area contributed by atoms with Crippen LogP contribution < -0.4 is 5.32 Å². The van der Waals surface area contributed by atoms with Crippen LogP contribution in [0.3, 0.4) is 0 Å². The third-order valence-corrected chi connectivity index (χ3v) is 3.92. The molecule has 2 N–H and O–H groups in total. The molecule has 3 nitrogen and oxygen atoms in total. The Morgan fingerprint density at radius 3 is 2.38 bits per heavy atom. The van der Waals surface area contributed by atoms with Gasteiger partial charge in [0.25, 0.3) is 0 Å². The Bertz CT molecular complexity index is 604. The lowest BCUT2D eigenvalue weighted by atomic mass is 9.96. The minimum absolute atomic E-state index is 0.163. The lowest BCUT2D eigenvalue weighted by Gasteiger charge is -2.24. The summed E-state index contributed by atoms with van der Waals surface area (Å²) in [4.78, 5) is 0. The number of hydrogen-bond acceptors (Lipinski definition) is 3. The summed E-state index contributed by atoms with van der Waals surface area (Å²) < 4.78 is 18.9. The minimum atomic E-state index is -0.637. The number of nitrogens with one attached hydrogen (secondary N) is 1. The molecule has 0 spiro atoms. The van der Waals surface area contributed by atoms with E-state index in [0.717, 1.165) is 0 Å². The van der Waals surface area contributed by atoms with Crippen LogP contribution in [0.5, 0.6) is 0 Å². The SMILES string of the molecule is CC(C)C(NCC(O)COCc1ccccc1F)c1ccccc1. The highest BCUT2D eigenvalue weighted by molar-refractivity contribution is 5.19. The maximum absolute atomic E-state index is 13.5. The van der Waals surface area contributed by atoms with E-state index in [1.165, 1.54) is 11.6 Å². The lowest BCUT2D eigenvalue weighted by Crippen LogP contribution is -2.35. The normalized spacial score (nSPS) is 13.9. The third kappa shape index (κ3) is 5.71. The fourth-order valence-corrected chi connectivity index (χ4v) is 2.64. The van der Waals surface area contributed by atoms with Gasteiger partial charge in [0.2, 0.25) is 0 Å². The van der Waals surface area contributed by atoms with Gasteiger partial charge in [-0.1, -0.05) is 62.4 Å². The molecule has 0 aliphatic rings. The summed E-state index contributed by atoms with van der Waals surface area (Å²) in [6, 6.07) is 16.9. The van der Waals surface area contributed by atoms with E-state index in [0.29, 0.717) is 18.0 Å².